The molecule has 1 heterocycles. The van der Waals surface area contributed by atoms with Gasteiger partial charge < -0.3 is 4.74 Å². The topological polar surface area (TPSA) is 46.6 Å². The van der Waals surface area contributed by atoms with E-state index in [4.69, 9.17) is 4.74 Å². The number of amides is 2. The highest BCUT2D eigenvalue weighted by Crippen LogP contribution is 2.26. The third-order valence-electron chi connectivity index (χ3n) is 4.41. The van der Waals surface area contributed by atoms with E-state index in [0.717, 1.165) is 12.0 Å². The third kappa shape index (κ3) is 3.92. The molecule has 1 saturated heterocycles. The van der Waals surface area contributed by atoms with Crippen LogP contribution < -0.4 is 0 Å². The number of nitrogens with zero attached hydrogens (tertiary/aromatic N) is 1. The second-order valence-electron chi connectivity index (χ2n) is 7.16. The molecule has 126 valence electrons. The van der Waals surface area contributed by atoms with Gasteiger partial charge in [-0.3, -0.25) is 4.79 Å². The Hall–Kier alpha value is -1.84. The van der Waals surface area contributed by atoms with Gasteiger partial charge in [0.15, 0.2) is 0 Å². The van der Waals surface area contributed by atoms with Gasteiger partial charge in [-0.2, -0.15) is 0 Å². The quantitative estimate of drug-likeness (QED) is 0.825. The van der Waals surface area contributed by atoms with E-state index >= 15 is 0 Å². The van der Waals surface area contributed by atoms with E-state index in [2.05, 4.69) is 26.0 Å². The van der Waals surface area contributed by atoms with Crippen molar-refractivity contribution in [3.05, 3.63) is 35.4 Å². The first-order valence-electron chi connectivity index (χ1n) is 8.40. The van der Waals surface area contributed by atoms with Crippen molar-refractivity contribution in [3.63, 3.8) is 0 Å². The zero-order valence-corrected chi connectivity index (χ0v) is 14.7. The first kappa shape index (κ1) is 17.5. The predicted octanol–water partition coefficient (Wildman–Crippen LogP) is 3.99. The van der Waals surface area contributed by atoms with Crippen LogP contribution in [0.3, 0.4) is 0 Å². The zero-order valence-electron chi connectivity index (χ0n) is 14.7. The van der Waals surface area contributed by atoms with Gasteiger partial charge in [-0.05, 0) is 36.3 Å². The second-order valence-corrected chi connectivity index (χ2v) is 7.16. The smallest absolute Gasteiger partial charge is 0.417 e. The number of cyclic esters (lactones) is 1. The SMILES string of the molecule is CC(C)Cc1ccc(C(C)C(=O)N2C(=O)OCC2C(C)C)cc1. The molecule has 0 aliphatic carbocycles. The van der Waals surface area contributed by atoms with Gasteiger partial charge in [0.25, 0.3) is 0 Å². The molecule has 23 heavy (non-hydrogen) atoms. The van der Waals surface area contributed by atoms with Crippen LogP contribution in [0.1, 0.15) is 51.7 Å². The van der Waals surface area contributed by atoms with Crippen LogP contribution in [0.2, 0.25) is 0 Å². The van der Waals surface area contributed by atoms with E-state index < -0.39 is 6.09 Å². The Morgan fingerprint density at radius 3 is 2.30 bits per heavy atom. The molecular formula is C19H27NO3. The molecule has 1 fully saturated rings. The molecular weight excluding hydrogens is 290 g/mol. The molecule has 2 amide bonds. The number of hydrogen-bond donors (Lipinski definition) is 0. The number of imide groups is 1. The summed E-state index contributed by atoms with van der Waals surface area (Å²) < 4.78 is 5.08. The monoisotopic (exact) mass is 317 g/mol. The molecule has 4 heteroatoms. The standard InChI is InChI=1S/C19H27NO3/c1-12(2)10-15-6-8-16(9-7-15)14(5)18(21)20-17(13(3)4)11-23-19(20)22/h6-9,12-14,17H,10-11H2,1-5H3. The maximum Gasteiger partial charge on any atom is 0.417 e. The summed E-state index contributed by atoms with van der Waals surface area (Å²) in [5.74, 6) is 0.259. The van der Waals surface area contributed by atoms with Gasteiger partial charge in [0, 0.05) is 0 Å². The van der Waals surface area contributed by atoms with Crippen molar-refractivity contribution in [2.24, 2.45) is 11.8 Å². The number of carbonyl (C=O) groups is 2. The predicted molar refractivity (Wildman–Crippen MR) is 90.2 cm³/mol. The number of benzene rings is 1. The molecule has 2 unspecified atom stereocenters. The fourth-order valence-corrected chi connectivity index (χ4v) is 2.95. The normalized spacial score (nSPS) is 19.3. The van der Waals surface area contributed by atoms with Crippen LogP contribution >= 0.6 is 0 Å². The van der Waals surface area contributed by atoms with Crippen LogP contribution in [0.25, 0.3) is 0 Å². The first-order chi connectivity index (χ1) is 10.8. The van der Waals surface area contributed by atoms with Crippen molar-refractivity contribution in [2.45, 2.75) is 53.0 Å². The minimum absolute atomic E-state index is 0.169. The largest absolute Gasteiger partial charge is 0.447 e. The number of carbonyl (C=O) groups excluding carboxylic acids is 2. The minimum Gasteiger partial charge on any atom is -0.447 e. The van der Waals surface area contributed by atoms with Crippen LogP contribution in [0.4, 0.5) is 4.79 Å². The summed E-state index contributed by atoms with van der Waals surface area (Å²) >= 11 is 0. The molecule has 0 aromatic heterocycles. The van der Waals surface area contributed by atoms with Crippen LogP contribution in [0.5, 0.6) is 0 Å². The highest BCUT2D eigenvalue weighted by Gasteiger charge is 2.41. The van der Waals surface area contributed by atoms with Crippen LogP contribution in [0, 0.1) is 11.8 Å². The molecule has 1 aromatic rings. The van der Waals surface area contributed by atoms with Crippen molar-refractivity contribution >= 4 is 12.0 Å². The number of ether oxygens (including phenoxy) is 1. The lowest BCUT2D eigenvalue weighted by molar-refractivity contribution is -0.131. The molecule has 1 aromatic carbocycles. The zero-order chi connectivity index (χ0) is 17.1. The molecule has 0 radical (unpaired) electrons. The Morgan fingerprint density at radius 2 is 1.78 bits per heavy atom. The molecule has 1 aliphatic heterocycles. The van der Waals surface area contributed by atoms with Gasteiger partial charge in [0.05, 0.1) is 12.0 Å². The maximum absolute atomic E-state index is 12.8. The molecule has 2 atom stereocenters. The Bertz CT molecular complexity index is 562. The first-order valence-corrected chi connectivity index (χ1v) is 8.40. The maximum atomic E-state index is 12.8. The second kappa shape index (κ2) is 7.16. The molecule has 0 saturated carbocycles. The van der Waals surface area contributed by atoms with Gasteiger partial charge in [-0.1, -0.05) is 52.0 Å². The summed E-state index contributed by atoms with van der Waals surface area (Å²) in [6.45, 7) is 10.5. The summed E-state index contributed by atoms with van der Waals surface area (Å²) in [5, 5.41) is 0. The van der Waals surface area contributed by atoms with E-state index in [1.54, 1.807) is 0 Å². The van der Waals surface area contributed by atoms with Crippen molar-refractivity contribution in [1.82, 2.24) is 4.90 Å². The third-order valence-corrected chi connectivity index (χ3v) is 4.41. The van der Waals surface area contributed by atoms with Crippen molar-refractivity contribution in [2.75, 3.05) is 6.61 Å². The molecule has 4 nitrogen and oxygen atoms in total. The van der Waals surface area contributed by atoms with E-state index in [9.17, 15) is 9.59 Å². The molecule has 2 rings (SSSR count). The minimum atomic E-state index is -0.517. The summed E-state index contributed by atoms with van der Waals surface area (Å²) in [4.78, 5) is 26.0. The van der Waals surface area contributed by atoms with E-state index in [1.807, 2.05) is 32.9 Å². The average Bonchev–Trinajstić information content (AvgIpc) is 2.88. The van der Waals surface area contributed by atoms with Crippen LogP contribution in [0.15, 0.2) is 24.3 Å². The molecule has 1 aliphatic rings. The Labute approximate surface area is 138 Å². The van der Waals surface area contributed by atoms with Crippen molar-refractivity contribution in [3.8, 4) is 0 Å². The average molecular weight is 317 g/mol. The Morgan fingerprint density at radius 1 is 1.17 bits per heavy atom. The lowest BCUT2D eigenvalue weighted by Crippen LogP contribution is -2.43. The fourth-order valence-electron chi connectivity index (χ4n) is 2.95. The Balaban J connectivity index is 2.14. The number of rotatable bonds is 5. The lowest BCUT2D eigenvalue weighted by atomic mass is 9.95. The van der Waals surface area contributed by atoms with Gasteiger partial charge in [0.2, 0.25) is 5.91 Å². The van der Waals surface area contributed by atoms with Gasteiger partial charge in [-0.15, -0.1) is 0 Å². The Kier molecular flexibility index (Phi) is 5.45. The van der Waals surface area contributed by atoms with Crippen LogP contribution in [-0.2, 0) is 16.0 Å². The highest BCUT2D eigenvalue weighted by molar-refractivity contribution is 5.97. The van der Waals surface area contributed by atoms with E-state index in [0.29, 0.717) is 12.5 Å². The summed E-state index contributed by atoms with van der Waals surface area (Å²) in [6.07, 6.45) is 0.508. The summed E-state index contributed by atoms with van der Waals surface area (Å²) in [5.41, 5.74) is 2.20. The van der Waals surface area contributed by atoms with Gasteiger partial charge >= 0.3 is 6.09 Å². The van der Waals surface area contributed by atoms with E-state index in [-0.39, 0.29) is 23.8 Å². The van der Waals surface area contributed by atoms with Crippen molar-refractivity contribution < 1.29 is 14.3 Å². The van der Waals surface area contributed by atoms with E-state index in [1.165, 1.54) is 10.5 Å². The molecule has 0 bridgehead atoms. The molecule has 0 spiro atoms. The fraction of sp³-hybridized carbons (Fsp3) is 0.579. The van der Waals surface area contributed by atoms with Gasteiger partial charge in [0.1, 0.15) is 6.61 Å². The molecule has 0 N–H and O–H groups in total. The van der Waals surface area contributed by atoms with Crippen molar-refractivity contribution in [1.29, 1.82) is 0 Å². The summed E-state index contributed by atoms with van der Waals surface area (Å²) in [6, 6.07) is 7.96. The van der Waals surface area contributed by atoms with Gasteiger partial charge in [-0.25, -0.2) is 9.69 Å². The number of hydrogen-bond acceptors (Lipinski definition) is 3. The summed E-state index contributed by atoms with van der Waals surface area (Å²) in [7, 11) is 0. The van der Waals surface area contributed by atoms with Crippen LogP contribution in [-0.4, -0.2) is 29.5 Å². The highest BCUT2D eigenvalue weighted by atomic mass is 16.6. The lowest BCUT2D eigenvalue weighted by Gasteiger charge is -2.25.